The zero-order chi connectivity index (χ0) is 21.0. The molecule has 0 spiro atoms. The van der Waals surface area contributed by atoms with Crippen LogP contribution in [0.2, 0.25) is 0 Å². The Balaban J connectivity index is 0.000000445. The second kappa shape index (κ2) is 8.19. The van der Waals surface area contributed by atoms with Crippen molar-refractivity contribution in [3.63, 3.8) is 0 Å². The van der Waals surface area contributed by atoms with Crippen molar-refractivity contribution < 1.29 is 54.2 Å². The zero-order valence-corrected chi connectivity index (χ0v) is 13.0. The Labute approximate surface area is 145 Å². The Bertz CT molecular complexity index is 652. The van der Waals surface area contributed by atoms with Gasteiger partial charge >= 0.3 is 24.5 Å². The summed E-state index contributed by atoms with van der Waals surface area (Å²) in [6.07, 6.45) is -15.2. The number of carbonyl (C=O) groups is 1. The highest BCUT2D eigenvalue weighted by molar-refractivity contribution is 5.73. The second-order valence-electron chi connectivity index (χ2n) is 5.20. The number of nitrogens with zero attached hydrogens (tertiary/aromatic N) is 1. The van der Waals surface area contributed by atoms with Crippen LogP contribution in [0.3, 0.4) is 0 Å². The van der Waals surface area contributed by atoms with Gasteiger partial charge in [-0.1, -0.05) is 0 Å². The number of carboxylic acids is 1. The lowest BCUT2D eigenvalue weighted by Crippen LogP contribution is -2.45. The van der Waals surface area contributed by atoms with Gasteiger partial charge in [-0.2, -0.15) is 39.5 Å². The number of pyridine rings is 1. The Hall–Kier alpha value is -2.25. The van der Waals surface area contributed by atoms with Crippen LogP contribution >= 0.6 is 0 Å². The Kier molecular flexibility index (Phi) is 6.91. The molecule has 5 nitrogen and oxygen atoms in total. The fraction of sp³-hybridized carbons (Fsp3) is 0.538. The van der Waals surface area contributed by atoms with Gasteiger partial charge in [-0.3, -0.25) is 0 Å². The van der Waals surface area contributed by atoms with Gasteiger partial charge in [0.15, 0.2) is 0 Å². The van der Waals surface area contributed by atoms with Gasteiger partial charge in [0.1, 0.15) is 0 Å². The average molecular weight is 414 g/mol. The number of hydrogen-bond donors (Lipinski definition) is 2. The van der Waals surface area contributed by atoms with E-state index in [0.717, 1.165) is 0 Å². The first-order valence-electron chi connectivity index (χ1n) is 6.90. The van der Waals surface area contributed by atoms with Gasteiger partial charge in [0.05, 0.1) is 17.7 Å². The zero-order valence-electron chi connectivity index (χ0n) is 13.0. The number of carboxylic acid groups (broad SMARTS) is 1. The summed E-state index contributed by atoms with van der Waals surface area (Å²) in [6.45, 7) is 1.43. The largest absolute Gasteiger partial charge is 0.490 e. The van der Waals surface area contributed by atoms with Crippen LogP contribution in [0.15, 0.2) is 12.3 Å². The molecule has 2 N–H and O–H groups in total. The third-order valence-electron chi connectivity index (χ3n) is 3.07. The van der Waals surface area contributed by atoms with Gasteiger partial charge in [-0.05, 0) is 0 Å². The summed E-state index contributed by atoms with van der Waals surface area (Å²) in [5.41, 5.74) is -3.61. The first-order valence-corrected chi connectivity index (χ1v) is 6.90. The third-order valence-corrected chi connectivity index (χ3v) is 3.07. The molecule has 0 bridgehead atoms. The van der Waals surface area contributed by atoms with E-state index in [0.29, 0.717) is 13.1 Å². The number of alkyl halides is 9. The molecule has 1 aromatic rings. The van der Waals surface area contributed by atoms with E-state index in [4.69, 9.17) is 14.6 Å². The molecule has 1 aromatic heterocycles. The van der Waals surface area contributed by atoms with Crippen molar-refractivity contribution in [3.05, 3.63) is 23.4 Å². The van der Waals surface area contributed by atoms with E-state index in [-0.39, 0.29) is 24.8 Å². The van der Waals surface area contributed by atoms with Crippen molar-refractivity contribution in [2.75, 3.05) is 19.7 Å². The van der Waals surface area contributed by atoms with Crippen molar-refractivity contribution in [2.45, 2.75) is 18.5 Å². The molecule has 0 atom stereocenters. The lowest BCUT2D eigenvalue weighted by molar-refractivity contribution is -0.192. The van der Waals surface area contributed by atoms with Crippen LogP contribution in [-0.4, -0.2) is 41.9 Å². The molecule has 2 rings (SSSR count). The number of aliphatic carboxylic acids is 1. The summed E-state index contributed by atoms with van der Waals surface area (Å²) in [6, 6.07) is 0.287. The minimum absolute atomic E-state index is 0.114. The molecule has 1 saturated heterocycles. The number of hydrogen-bond acceptors (Lipinski definition) is 4. The molecule has 14 heteroatoms. The fourth-order valence-electron chi connectivity index (χ4n) is 1.65. The van der Waals surface area contributed by atoms with E-state index >= 15 is 0 Å². The fourth-order valence-corrected chi connectivity index (χ4v) is 1.65. The smallest absolute Gasteiger partial charge is 0.477 e. The number of ether oxygens (including phenoxy) is 1. The molecule has 0 unspecified atom stereocenters. The highest BCUT2D eigenvalue weighted by Gasteiger charge is 2.44. The predicted octanol–water partition coefficient (Wildman–Crippen LogP) is 3.35. The van der Waals surface area contributed by atoms with E-state index < -0.39 is 41.5 Å². The van der Waals surface area contributed by atoms with Crippen molar-refractivity contribution >= 4 is 5.97 Å². The second-order valence-corrected chi connectivity index (χ2v) is 5.20. The van der Waals surface area contributed by atoms with Crippen LogP contribution in [0.5, 0.6) is 5.88 Å². The monoisotopic (exact) mass is 414 g/mol. The number of rotatable bonds is 3. The first kappa shape index (κ1) is 22.8. The molecule has 1 fully saturated rings. The van der Waals surface area contributed by atoms with Crippen molar-refractivity contribution in [3.8, 4) is 5.88 Å². The lowest BCUT2D eigenvalue weighted by atomic mass is 10.1. The van der Waals surface area contributed by atoms with Gasteiger partial charge < -0.3 is 15.2 Å². The maximum atomic E-state index is 12.6. The Morgan fingerprint density at radius 1 is 1.07 bits per heavy atom. The summed E-state index contributed by atoms with van der Waals surface area (Å²) in [4.78, 5) is 12.2. The van der Waals surface area contributed by atoms with Crippen LogP contribution in [0.4, 0.5) is 39.5 Å². The number of halogens is 9. The van der Waals surface area contributed by atoms with E-state index in [1.807, 2.05) is 0 Å². The molecule has 0 saturated carbocycles. The van der Waals surface area contributed by atoms with Crippen molar-refractivity contribution in [1.29, 1.82) is 0 Å². The summed E-state index contributed by atoms with van der Waals surface area (Å²) in [7, 11) is 0. The quantitative estimate of drug-likeness (QED) is 0.743. The van der Waals surface area contributed by atoms with Gasteiger partial charge in [0, 0.05) is 31.3 Å². The Morgan fingerprint density at radius 2 is 1.56 bits per heavy atom. The van der Waals surface area contributed by atoms with Crippen LogP contribution in [0, 0.1) is 5.92 Å². The van der Waals surface area contributed by atoms with E-state index in [1.165, 1.54) is 0 Å². The molecular weight excluding hydrogens is 403 g/mol. The number of nitrogens with one attached hydrogen (secondary N) is 1. The van der Waals surface area contributed by atoms with Crippen LogP contribution in [0.25, 0.3) is 0 Å². The first-order chi connectivity index (χ1) is 12.1. The molecular formula is C13H11F9N2O3. The molecule has 2 heterocycles. The average Bonchev–Trinajstić information content (AvgIpc) is 2.43. The topological polar surface area (TPSA) is 71.5 Å². The maximum Gasteiger partial charge on any atom is 0.490 e. The SMILES string of the molecule is FC(F)(F)c1cnc(OCC2CNC2)cc1C(F)(F)F.O=C(O)C(F)(F)F. The van der Waals surface area contributed by atoms with Crippen LogP contribution in [0.1, 0.15) is 11.1 Å². The predicted molar refractivity (Wildman–Crippen MR) is 69.8 cm³/mol. The molecule has 154 valence electrons. The maximum absolute atomic E-state index is 12.6. The molecule has 1 aliphatic heterocycles. The van der Waals surface area contributed by atoms with Crippen molar-refractivity contribution in [2.24, 2.45) is 5.92 Å². The van der Waals surface area contributed by atoms with E-state index in [2.05, 4.69) is 10.3 Å². The van der Waals surface area contributed by atoms with Gasteiger partial charge in [-0.25, -0.2) is 9.78 Å². The van der Waals surface area contributed by atoms with Crippen LogP contribution in [-0.2, 0) is 17.1 Å². The highest BCUT2D eigenvalue weighted by atomic mass is 19.4. The third kappa shape index (κ3) is 7.11. The summed E-state index contributed by atoms with van der Waals surface area (Å²) in [5, 5.41) is 10.1. The lowest BCUT2D eigenvalue weighted by Gasteiger charge is -2.26. The summed E-state index contributed by atoms with van der Waals surface area (Å²) in [5.74, 6) is -3.09. The minimum atomic E-state index is -5.12. The van der Waals surface area contributed by atoms with Gasteiger partial charge in [0.25, 0.3) is 0 Å². The summed E-state index contributed by atoms with van der Waals surface area (Å²) >= 11 is 0. The van der Waals surface area contributed by atoms with Crippen LogP contribution < -0.4 is 10.1 Å². The molecule has 0 amide bonds. The van der Waals surface area contributed by atoms with E-state index in [9.17, 15) is 39.5 Å². The normalized spacial score (nSPS) is 15.4. The highest BCUT2D eigenvalue weighted by Crippen LogP contribution is 2.40. The van der Waals surface area contributed by atoms with Gasteiger partial charge in [-0.15, -0.1) is 0 Å². The molecule has 0 aromatic carbocycles. The summed E-state index contributed by atoms with van der Waals surface area (Å²) < 4.78 is 112. The molecule has 27 heavy (non-hydrogen) atoms. The molecule has 1 aliphatic rings. The Morgan fingerprint density at radius 3 is 1.89 bits per heavy atom. The van der Waals surface area contributed by atoms with Crippen molar-refractivity contribution in [1.82, 2.24) is 10.3 Å². The molecule has 0 aliphatic carbocycles. The number of aromatic nitrogens is 1. The molecule has 0 radical (unpaired) electrons. The van der Waals surface area contributed by atoms with Gasteiger partial charge in [0.2, 0.25) is 5.88 Å². The minimum Gasteiger partial charge on any atom is -0.477 e. The standard InChI is InChI=1S/C11H10F6N2O.C2HF3O2/c12-10(13,14)7-1-9(20-5-6-2-18-3-6)19-4-8(7)11(15,16)17;3-2(4,5)1(6)7/h1,4,6,18H,2-3,5H2;(H,6,7). The van der Waals surface area contributed by atoms with E-state index in [1.54, 1.807) is 0 Å².